The first-order valence-corrected chi connectivity index (χ1v) is 13.4. The van der Waals surface area contributed by atoms with Gasteiger partial charge in [0.15, 0.2) is 5.82 Å². The van der Waals surface area contributed by atoms with Crippen LogP contribution >= 0.6 is 11.3 Å². The van der Waals surface area contributed by atoms with Crippen molar-refractivity contribution >= 4 is 34.4 Å². The van der Waals surface area contributed by atoms with Gasteiger partial charge in [-0.15, -0.1) is 11.3 Å². The van der Waals surface area contributed by atoms with Gasteiger partial charge in [-0.2, -0.15) is 8.78 Å². The maximum atomic E-state index is 14.3. The number of nitrogens with two attached hydrogens (primary N) is 1. The highest BCUT2D eigenvalue weighted by molar-refractivity contribution is 7.15. The molecular weight excluding hydrogens is 533 g/mol. The molecule has 0 saturated heterocycles. The number of primary amides is 1. The van der Waals surface area contributed by atoms with Crippen LogP contribution in [-0.4, -0.2) is 51.3 Å². The van der Waals surface area contributed by atoms with Crippen LogP contribution in [0.4, 0.5) is 18.0 Å². The molecule has 1 aromatic carbocycles. The molecule has 1 unspecified atom stereocenters. The minimum atomic E-state index is -3.06. The topological polar surface area (TPSA) is 99.7 Å². The van der Waals surface area contributed by atoms with E-state index in [1.165, 1.54) is 18.4 Å². The van der Waals surface area contributed by atoms with Crippen molar-refractivity contribution in [3.8, 4) is 10.7 Å². The Balaban J connectivity index is 0.00000205. The summed E-state index contributed by atoms with van der Waals surface area (Å²) < 4.78 is 54.7. The number of ether oxygens (including phenoxy) is 2. The lowest BCUT2D eigenvalue weighted by atomic mass is 9.89. The average Bonchev–Trinajstić information content (AvgIpc) is 3.44. The van der Waals surface area contributed by atoms with Crippen molar-refractivity contribution in [1.29, 1.82) is 0 Å². The third-order valence-electron chi connectivity index (χ3n) is 6.28. The van der Waals surface area contributed by atoms with E-state index in [2.05, 4.69) is 4.98 Å². The Kier molecular flexibility index (Phi) is 8.71. The fourth-order valence-electron chi connectivity index (χ4n) is 4.53. The van der Waals surface area contributed by atoms with Crippen molar-refractivity contribution in [2.75, 3.05) is 13.7 Å². The van der Waals surface area contributed by atoms with E-state index in [1.807, 2.05) is 27.7 Å². The summed E-state index contributed by atoms with van der Waals surface area (Å²) in [4.78, 5) is 32.0. The molecule has 0 aliphatic carbocycles. The summed E-state index contributed by atoms with van der Waals surface area (Å²) in [5, 5.41) is 0. The van der Waals surface area contributed by atoms with Crippen LogP contribution in [0.15, 0.2) is 18.2 Å². The van der Waals surface area contributed by atoms with Crippen LogP contribution in [0.3, 0.4) is 0 Å². The largest absolute Gasteiger partial charge is 0.444 e. The van der Waals surface area contributed by atoms with Gasteiger partial charge in [0.2, 0.25) is 0 Å². The Morgan fingerprint density at radius 3 is 2.33 bits per heavy atom. The molecule has 214 valence electrons. The van der Waals surface area contributed by atoms with Crippen LogP contribution in [0, 0.1) is 5.82 Å². The number of thiophene rings is 1. The van der Waals surface area contributed by atoms with E-state index < -0.39 is 41.6 Å². The zero-order valence-electron chi connectivity index (χ0n) is 23.4. The Morgan fingerprint density at radius 2 is 1.79 bits per heavy atom. The van der Waals surface area contributed by atoms with Crippen LogP contribution in [0.5, 0.6) is 0 Å². The summed E-state index contributed by atoms with van der Waals surface area (Å²) in [7, 11) is 1.53. The minimum absolute atomic E-state index is 0.111. The Hall–Kier alpha value is -3.12. The lowest BCUT2D eigenvalue weighted by Gasteiger charge is -2.43. The van der Waals surface area contributed by atoms with E-state index >= 15 is 0 Å². The second kappa shape index (κ2) is 11.2. The number of carbonyl (C=O) groups excluding carboxylic acids is 2. The van der Waals surface area contributed by atoms with Crippen molar-refractivity contribution in [2.24, 2.45) is 5.73 Å². The van der Waals surface area contributed by atoms with E-state index in [9.17, 15) is 22.8 Å². The molecular formula is C27H35F3N4O4S. The summed E-state index contributed by atoms with van der Waals surface area (Å²) in [6.07, 6.45) is -0.0538. The fourth-order valence-corrected chi connectivity index (χ4v) is 6.02. The van der Waals surface area contributed by atoms with Crippen LogP contribution in [0.25, 0.3) is 21.7 Å². The predicted octanol–water partition coefficient (Wildman–Crippen LogP) is 6.68. The molecule has 0 bridgehead atoms. The molecule has 12 heteroatoms. The van der Waals surface area contributed by atoms with Gasteiger partial charge in [-0.1, -0.05) is 13.8 Å². The van der Waals surface area contributed by atoms with E-state index in [4.69, 9.17) is 15.2 Å². The number of nitrogens with zero attached hydrogens (tertiary/aromatic N) is 3. The molecule has 2 N–H and O–H groups in total. The number of fused-ring (bicyclic) bond motifs is 2. The predicted molar refractivity (Wildman–Crippen MR) is 145 cm³/mol. The van der Waals surface area contributed by atoms with E-state index in [0.29, 0.717) is 22.4 Å². The number of methoxy groups -OCH3 is 1. The highest BCUT2D eigenvalue weighted by Gasteiger charge is 2.44. The maximum Gasteiger partial charge on any atom is 0.410 e. The molecule has 0 saturated carbocycles. The number of amides is 2. The lowest BCUT2D eigenvalue weighted by Crippen LogP contribution is -2.50. The first kappa shape index (κ1) is 30.4. The maximum absolute atomic E-state index is 14.3. The summed E-state index contributed by atoms with van der Waals surface area (Å²) in [6, 6.07) is 2.95. The number of benzene rings is 1. The molecule has 2 amide bonds. The second-order valence-corrected chi connectivity index (χ2v) is 11.5. The number of rotatable bonds is 5. The number of imidazole rings is 1. The summed E-state index contributed by atoms with van der Waals surface area (Å²) in [5.41, 5.74) is 4.02. The molecule has 0 radical (unpaired) electrons. The van der Waals surface area contributed by atoms with Gasteiger partial charge in [0, 0.05) is 24.6 Å². The number of aromatic nitrogens is 2. The Morgan fingerprint density at radius 1 is 1.15 bits per heavy atom. The van der Waals surface area contributed by atoms with Crippen molar-refractivity contribution in [3.63, 3.8) is 0 Å². The molecule has 2 aromatic heterocycles. The number of alkyl halides is 2. The highest BCUT2D eigenvalue weighted by Crippen LogP contribution is 2.47. The molecule has 3 aromatic rings. The summed E-state index contributed by atoms with van der Waals surface area (Å²) in [6.45, 7) is 10.3. The SMILES string of the molecule is CC.COC(C)(C)C1c2sc(-c3nc4c(C(N)=O)cc(F)cc4n3C(F)F)cc2CCN1C(=O)OC(C)(C)C. The minimum Gasteiger partial charge on any atom is -0.444 e. The number of halogens is 3. The standard InChI is InChI=1S/C25H29F3N4O4S.C2H6/c1-24(2,3)36-23(34)31-8-7-12-9-16(37-18(12)19(31)25(4,5)35-6)21-30-17-14(20(29)33)10-13(26)11-15(17)32(21)22(27)28;1-2/h9-11,19,22H,7-8H2,1-6H3,(H2,29,33);1-2H3. The molecule has 0 spiro atoms. The molecule has 1 atom stereocenters. The summed E-state index contributed by atoms with van der Waals surface area (Å²) >= 11 is 1.19. The zero-order chi connectivity index (χ0) is 29.4. The normalized spacial score (nSPS) is 15.7. The first-order valence-electron chi connectivity index (χ1n) is 12.6. The average molecular weight is 569 g/mol. The Labute approximate surface area is 229 Å². The zero-order valence-corrected chi connectivity index (χ0v) is 24.2. The van der Waals surface area contributed by atoms with Gasteiger partial charge in [0.25, 0.3) is 5.91 Å². The lowest BCUT2D eigenvalue weighted by molar-refractivity contribution is -0.0638. The second-order valence-electron chi connectivity index (χ2n) is 10.4. The van der Waals surface area contributed by atoms with Gasteiger partial charge in [0.05, 0.1) is 27.6 Å². The molecule has 1 aliphatic heterocycles. The van der Waals surface area contributed by atoms with E-state index in [0.717, 1.165) is 22.6 Å². The molecule has 8 nitrogen and oxygen atoms in total. The van der Waals surface area contributed by atoms with Crippen LogP contribution in [-0.2, 0) is 15.9 Å². The van der Waals surface area contributed by atoms with Crippen molar-refractivity contribution in [3.05, 3.63) is 40.0 Å². The van der Waals surface area contributed by atoms with Crippen molar-refractivity contribution in [2.45, 2.75) is 78.7 Å². The van der Waals surface area contributed by atoms with Crippen molar-refractivity contribution < 1.29 is 32.2 Å². The monoisotopic (exact) mass is 568 g/mol. The molecule has 1 aliphatic rings. The molecule has 0 fully saturated rings. The number of carbonyl (C=O) groups is 2. The van der Waals surface area contributed by atoms with Gasteiger partial charge in [-0.3, -0.25) is 14.3 Å². The van der Waals surface area contributed by atoms with Crippen LogP contribution < -0.4 is 5.73 Å². The van der Waals surface area contributed by atoms with Gasteiger partial charge < -0.3 is 15.2 Å². The van der Waals surface area contributed by atoms with Gasteiger partial charge >= 0.3 is 12.6 Å². The Bertz CT molecular complexity index is 1380. The molecule has 39 heavy (non-hydrogen) atoms. The number of hydrogen-bond acceptors (Lipinski definition) is 6. The van der Waals surface area contributed by atoms with Gasteiger partial charge in [0.1, 0.15) is 16.9 Å². The van der Waals surface area contributed by atoms with Gasteiger partial charge in [-0.25, -0.2) is 14.2 Å². The quantitative estimate of drug-likeness (QED) is 0.370. The van der Waals surface area contributed by atoms with Gasteiger partial charge in [-0.05, 0) is 58.7 Å². The van der Waals surface area contributed by atoms with Crippen LogP contribution in [0.2, 0.25) is 0 Å². The van der Waals surface area contributed by atoms with E-state index in [-0.39, 0.29) is 22.4 Å². The fraction of sp³-hybridized carbons (Fsp3) is 0.519. The first-order chi connectivity index (χ1) is 18.1. The smallest absolute Gasteiger partial charge is 0.410 e. The summed E-state index contributed by atoms with van der Waals surface area (Å²) in [5.74, 6) is -1.99. The third-order valence-corrected chi connectivity index (χ3v) is 7.50. The third kappa shape index (κ3) is 5.91. The molecule has 3 heterocycles. The molecule has 4 rings (SSSR count). The number of hydrogen-bond donors (Lipinski definition) is 1. The van der Waals surface area contributed by atoms with Crippen LogP contribution in [0.1, 0.15) is 81.9 Å². The van der Waals surface area contributed by atoms with E-state index in [1.54, 1.807) is 31.7 Å². The van der Waals surface area contributed by atoms with Crippen molar-refractivity contribution in [1.82, 2.24) is 14.5 Å². The highest BCUT2D eigenvalue weighted by atomic mass is 32.1.